The molecular weight excluding hydrogens is 376 g/mol. The van der Waals surface area contributed by atoms with Gasteiger partial charge >= 0.3 is 0 Å². The average Bonchev–Trinajstić information content (AvgIpc) is 2.92. The van der Waals surface area contributed by atoms with Crippen molar-refractivity contribution in [2.24, 2.45) is 0 Å². The van der Waals surface area contributed by atoms with Crippen molar-refractivity contribution in [2.75, 3.05) is 21.3 Å². The first-order valence-corrected chi connectivity index (χ1v) is 8.52. The molecule has 24 heavy (non-hydrogen) atoms. The minimum Gasteiger partial charge on any atom is -0.497 e. The molecule has 0 N–H and O–H groups in total. The molecule has 0 aromatic heterocycles. The van der Waals surface area contributed by atoms with E-state index in [9.17, 15) is 0 Å². The van der Waals surface area contributed by atoms with Crippen LogP contribution in [0.3, 0.4) is 0 Å². The van der Waals surface area contributed by atoms with Gasteiger partial charge in [-0.25, -0.2) is 0 Å². The molecule has 3 rings (SSSR count). The fraction of sp³-hybridized carbons (Fsp3) is 0.444. The lowest BCUT2D eigenvalue weighted by Gasteiger charge is -2.20. The summed E-state index contributed by atoms with van der Waals surface area (Å²) in [5.41, 5.74) is 0.978. The Bertz CT molecular complexity index is 761. The summed E-state index contributed by atoms with van der Waals surface area (Å²) in [4.78, 5) is 0. The highest BCUT2D eigenvalue weighted by Crippen LogP contribution is 2.46. The summed E-state index contributed by atoms with van der Waals surface area (Å²) in [6.07, 6.45) is -0.464. The third-order valence-electron chi connectivity index (χ3n) is 4.25. The zero-order valence-corrected chi connectivity index (χ0v) is 16.0. The first kappa shape index (κ1) is 17.3. The molecule has 2 aromatic carbocycles. The van der Waals surface area contributed by atoms with E-state index in [2.05, 4.69) is 15.9 Å². The molecule has 0 amide bonds. The van der Waals surface area contributed by atoms with E-state index in [0.717, 1.165) is 26.6 Å². The number of benzene rings is 2. The number of ether oxygens (including phenoxy) is 5. The molecule has 1 fully saturated rings. The smallest absolute Gasteiger partial charge is 0.156 e. The van der Waals surface area contributed by atoms with Crippen LogP contribution in [0, 0.1) is 0 Å². The Morgan fingerprint density at radius 3 is 2.12 bits per heavy atom. The molecule has 0 radical (unpaired) electrons. The second kappa shape index (κ2) is 6.78. The summed E-state index contributed by atoms with van der Waals surface area (Å²) in [5.74, 6) is 2.13. The van der Waals surface area contributed by atoms with Crippen LogP contribution in [0.5, 0.6) is 17.2 Å². The quantitative estimate of drug-likeness (QED) is 0.763. The van der Waals surface area contributed by atoms with E-state index in [4.69, 9.17) is 23.7 Å². The van der Waals surface area contributed by atoms with Crippen LogP contribution in [0.25, 0.3) is 10.8 Å². The maximum Gasteiger partial charge on any atom is 0.156 e. The standard InChI is InChI=1S/C18H21BrO5/c1-9-18(24-10(2)23-9)13-8-15(22-5)16-12(17(13)19)6-11(20-3)7-14(16)21-4/h6-10,18H,1-5H3/t9-,10+,18+/m1/s1. The van der Waals surface area contributed by atoms with Gasteiger partial charge in [-0.3, -0.25) is 0 Å². The van der Waals surface area contributed by atoms with Gasteiger partial charge in [-0.15, -0.1) is 0 Å². The first-order chi connectivity index (χ1) is 11.5. The first-order valence-electron chi connectivity index (χ1n) is 7.73. The molecule has 0 bridgehead atoms. The molecule has 0 unspecified atom stereocenters. The summed E-state index contributed by atoms with van der Waals surface area (Å²) in [7, 11) is 4.91. The predicted octanol–water partition coefficient (Wildman–Crippen LogP) is 4.45. The highest BCUT2D eigenvalue weighted by molar-refractivity contribution is 9.10. The summed E-state index contributed by atoms with van der Waals surface area (Å²) in [6, 6.07) is 5.78. The fourth-order valence-electron chi connectivity index (χ4n) is 3.15. The Morgan fingerprint density at radius 1 is 0.917 bits per heavy atom. The molecule has 6 heteroatoms. The Hall–Kier alpha value is -1.50. The van der Waals surface area contributed by atoms with Crippen molar-refractivity contribution >= 4 is 26.7 Å². The van der Waals surface area contributed by atoms with E-state index in [0.29, 0.717) is 11.5 Å². The zero-order valence-electron chi connectivity index (χ0n) is 14.4. The van der Waals surface area contributed by atoms with E-state index in [1.54, 1.807) is 21.3 Å². The van der Waals surface area contributed by atoms with Gasteiger partial charge in [0.05, 0.1) is 32.8 Å². The van der Waals surface area contributed by atoms with Crippen molar-refractivity contribution in [3.05, 3.63) is 28.2 Å². The van der Waals surface area contributed by atoms with Crippen LogP contribution >= 0.6 is 15.9 Å². The minimum atomic E-state index is -0.238. The van der Waals surface area contributed by atoms with Crippen LogP contribution < -0.4 is 14.2 Å². The monoisotopic (exact) mass is 396 g/mol. The van der Waals surface area contributed by atoms with Crippen molar-refractivity contribution in [3.8, 4) is 17.2 Å². The molecule has 0 aliphatic carbocycles. The van der Waals surface area contributed by atoms with Gasteiger partial charge in [0.25, 0.3) is 0 Å². The molecule has 130 valence electrons. The Morgan fingerprint density at radius 2 is 1.58 bits per heavy atom. The van der Waals surface area contributed by atoms with Crippen molar-refractivity contribution in [1.82, 2.24) is 0 Å². The summed E-state index contributed by atoms with van der Waals surface area (Å²) < 4.78 is 29.1. The van der Waals surface area contributed by atoms with Crippen LogP contribution in [-0.2, 0) is 9.47 Å². The number of fused-ring (bicyclic) bond motifs is 1. The molecule has 1 saturated heterocycles. The Labute approximate surface area is 149 Å². The molecule has 0 spiro atoms. The number of rotatable bonds is 4. The lowest BCUT2D eigenvalue weighted by Crippen LogP contribution is -2.11. The van der Waals surface area contributed by atoms with Gasteiger partial charge in [0.1, 0.15) is 23.4 Å². The third-order valence-corrected chi connectivity index (χ3v) is 5.14. The lowest BCUT2D eigenvalue weighted by molar-refractivity contribution is -0.0495. The molecule has 1 aliphatic heterocycles. The van der Waals surface area contributed by atoms with Crippen molar-refractivity contribution in [1.29, 1.82) is 0 Å². The summed E-state index contributed by atoms with van der Waals surface area (Å²) in [6.45, 7) is 3.90. The molecule has 5 nitrogen and oxygen atoms in total. The molecule has 3 atom stereocenters. The van der Waals surface area contributed by atoms with E-state index >= 15 is 0 Å². The second-order valence-corrected chi connectivity index (χ2v) is 6.49. The van der Waals surface area contributed by atoms with Gasteiger partial charge < -0.3 is 23.7 Å². The lowest BCUT2D eigenvalue weighted by atomic mass is 9.99. The van der Waals surface area contributed by atoms with Crippen LogP contribution in [0.4, 0.5) is 0 Å². The zero-order chi connectivity index (χ0) is 17.4. The van der Waals surface area contributed by atoms with Gasteiger partial charge in [0.2, 0.25) is 0 Å². The number of hydrogen-bond acceptors (Lipinski definition) is 5. The number of methoxy groups -OCH3 is 3. The third kappa shape index (κ3) is 2.83. The largest absolute Gasteiger partial charge is 0.497 e. The molecular formula is C18H21BrO5. The van der Waals surface area contributed by atoms with Crippen LogP contribution in [0.15, 0.2) is 22.7 Å². The van der Waals surface area contributed by atoms with Crippen LogP contribution in [0.2, 0.25) is 0 Å². The summed E-state index contributed by atoms with van der Waals surface area (Å²) in [5, 5.41) is 1.83. The van der Waals surface area contributed by atoms with Gasteiger partial charge in [0.15, 0.2) is 6.29 Å². The van der Waals surface area contributed by atoms with E-state index in [-0.39, 0.29) is 18.5 Å². The predicted molar refractivity (Wildman–Crippen MR) is 95.1 cm³/mol. The van der Waals surface area contributed by atoms with Gasteiger partial charge in [0, 0.05) is 21.5 Å². The topological polar surface area (TPSA) is 46.2 Å². The van der Waals surface area contributed by atoms with E-state index < -0.39 is 0 Å². The van der Waals surface area contributed by atoms with Crippen molar-refractivity contribution < 1.29 is 23.7 Å². The molecule has 1 aliphatic rings. The average molecular weight is 397 g/mol. The van der Waals surface area contributed by atoms with E-state index in [1.165, 1.54) is 0 Å². The van der Waals surface area contributed by atoms with Gasteiger partial charge in [-0.2, -0.15) is 0 Å². The Balaban J connectivity index is 2.28. The van der Waals surface area contributed by atoms with Crippen LogP contribution in [-0.4, -0.2) is 33.7 Å². The number of hydrogen-bond donors (Lipinski definition) is 0. The second-order valence-electron chi connectivity index (χ2n) is 5.70. The number of halogens is 1. The normalized spacial score (nSPS) is 23.5. The maximum absolute atomic E-state index is 5.93. The van der Waals surface area contributed by atoms with Gasteiger partial charge in [-0.05, 0) is 41.9 Å². The van der Waals surface area contributed by atoms with Crippen LogP contribution in [0.1, 0.15) is 25.5 Å². The molecule has 1 heterocycles. The highest BCUT2D eigenvalue weighted by atomic mass is 79.9. The molecule has 0 saturated carbocycles. The fourth-order valence-corrected chi connectivity index (χ4v) is 3.80. The van der Waals surface area contributed by atoms with Crippen molar-refractivity contribution in [2.45, 2.75) is 32.3 Å². The Kier molecular flexibility index (Phi) is 4.90. The van der Waals surface area contributed by atoms with E-state index in [1.807, 2.05) is 32.0 Å². The minimum absolute atomic E-state index is 0.0500. The SMILES string of the molecule is COc1cc(OC)c2c(OC)cc([C@H]3O[C@@H](C)O[C@@H]3C)c(Br)c2c1. The highest BCUT2D eigenvalue weighted by Gasteiger charge is 2.34. The summed E-state index contributed by atoms with van der Waals surface area (Å²) >= 11 is 3.73. The van der Waals surface area contributed by atoms with Crippen molar-refractivity contribution in [3.63, 3.8) is 0 Å². The maximum atomic E-state index is 5.93. The van der Waals surface area contributed by atoms with Gasteiger partial charge in [-0.1, -0.05) is 0 Å². The molecule has 2 aromatic rings.